The monoisotopic (exact) mass is 407 g/mol. The van der Waals surface area contributed by atoms with E-state index in [1.165, 1.54) is 0 Å². The van der Waals surface area contributed by atoms with Crippen molar-refractivity contribution in [2.24, 2.45) is 0 Å². The van der Waals surface area contributed by atoms with E-state index in [9.17, 15) is 4.79 Å². The van der Waals surface area contributed by atoms with Gasteiger partial charge in [0.1, 0.15) is 5.82 Å². The van der Waals surface area contributed by atoms with Gasteiger partial charge in [-0.2, -0.15) is 0 Å². The molecule has 31 heavy (non-hydrogen) atoms. The van der Waals surface area contributed by atoms with Crippen LogP contribution >= 0.6 is 0 Å². The van der Waals surface area contributed by atoms with Crippen LogP contribution in [0.2, 0.25) is 0 Å². The van der Waals surface area contributed by atoms with Gasteiger partial charge in [0, 0.05) is 30.6 Å². The van der Waals surface area contributed by atoms with Gasteiger partial charge in [-0.15, -0.1) is 0 Å². The predicted octanol–water partition coefficient (Wildman–Crippen LogP) is 4.82. The number of benzene rings is 1. The van der Waals surface area contributed by atoms with Gasteiger partial charge in [0.15, 0.2) is 0 Å². The van der Waals surface area contributed by atoms with Gasteiger partial charge in [-0.25, -0.2) is 4.98 Å². The highest BCUT2D eigenvalue weighted by molar-refractivity contribution is 6.02. The van der Waals surface area contributed by atoms with Crippen molar-refractivity contribution in [2.45, 2.75) is 19.4 Å². The summed E-state index contributed by atoms with van der Waals surface area (Å²) in [6, 6.07) is 19.8. The predicted molar refractivity (Wildman–Crippen MR) is 120 cm³/mol. The molecule has 0 bridgehead atoms. The highest BCUT2D eigenvalue weighted by Gasteiger charge is 2.28. The number of fused-ring (bicyclic) bond motifs is 1. The molecule has 0 radical (unpaired) electrons. The molecule has 0 atom stereocenters. The Morgan fingerprint density at radius 1 is 0.806 bits per heavy atom. The number of para-hydroxylation sites is 1. The molecule has 4 heterocycles. The van der Waals surface area contributed by atoms with Gasteiger partial charge in [-0.1, -0.05) is 24.3 Å². The lowest BCUT2D eigenvalue weighted by molar-refractivity contribution is -0.118. The first-order valence-corrected chi connectivity index (χ1v) is 10.2. The first-order valence-electron chi connectivity index (χ1n) is 10.2. The summed E-state index contributed by atoms with van der Waals surface area (Å²) in [5.74, 6) is 0.727. The molecule has 6 heteroatoms. The van der Waals surface area contributed by atoms with Crippen molar-refractivity contribution < 1.29 is 4.79 Å². The summed E-state index contributed by atoms with van der Waals surface area (Å²) in [6.45, 7) is 0.520. The first kappa shape index (κ1) is 18.9. The van der Waals surface area contributed by atoms with E-state index in [2.05, 4.69) is 25.9 Å². The topological polar surface area (TPSA) is 62.2 Å². The summed E-state index contributed by atoms with van der Waals surface area (Å²) < 4.78 is 0. The molecule has 1 amide bonds. The molecule has 6 nitrogen and oxygen atoms in total. The average Bonchev–Trinajstić information content (AvgIpc) is 2.84. The van der Waals surface area contributed by atoms with Gasteiger partial charge in [0.25, 0.3) is 0 Å². The molecule has 1 aliphatic rings. The van der Waals surface area contributed by atoms with Gasteiger partial charge in [-0.3, -0.25) is 19.7 Å². The van der Waals surface area contributed by atoms with Crippen LogP contribution in [0.1, 0.15) is 17.5 Å². The summed E-state index contributed by atoms with van der Waals surface area (Å²) in [5.41, 5.74) is 4.90. The quantitative estimate of drug-likeness (QED) is 0.475. The van der Waals surface area contributed by atoms with Crippen molar-refractivity contribution in [3.63, 3.8) is 0 Å². The molecule has 4 aromatic rings. The summed E-state index contributed by atoms with van der Waals surface area (Å²) in [7, 11) is 0. The van der Waals surface area contributed by atoms with Crippen LogP contribution in [-0.4, -0.2) is 20.9 Å². The zero-order valence-electron chi connectivity index (χ0n) is 16.9. The second-order valence-electron chi connectivity index (χ2n) is 7.35. The molecule has 0 saturated heterocycles. The van der Waals surface area contributed by atoms with Gasteiger partial charge in [-0.05, 0) is 48.4 Å². The Bertz CT molecular complexity index is 1160. The minimum Gasteiger partial charge on any atom is -0.334 e. The van der Waals surface area contributed by atoms with Gasteiger partial charge in [0.2, 0.25) is 5.91 Å². The fourth-order valence-corrected chi connectivity index (χ4v) is 3.94. The number of carbonyl (C=O) groups excluding carboxylic acids is 1. The maximum atomic E-state index is 13.0. The third-order valence-corrected chi connectivity index (χ3v) is 5.41. The van der Waals surface area contributed by atoms with Crippen molar-refractivity contribution >= 4 is 28.8 Å². The van der Waals surface area contributed by atoms with Crippen molar-refractivity contribution in [1.29, 1.82) is 0 Å². The Morgan fingerprint density at radius 3 is 2.23 bits per heavy atom. The largest absolute Gasteiger partial charge is 0.334 e. The molecule has 5 rings (SSSR count). The normalized spacial score (nSPS) is 13.0. The number of aryl methyl sites for hydroxylation is 1. The number of hydrogen-bond donors (Lipinski definition) is 0. The molecule has 0 spiro atoms. The summed E-state index contributed by atoms with van der Waals surface area (Å²) >= 11 is 0. The second kappa shape index (κ2) is 8.36. The highest BCUT2D eigenvalue weighted by atomic mass is 16.2. The molecule has 0 N–H and O–H groups in total. The molecule has 0 saturated carbocycles. The fourth-order valence-electron chi connectivity index (χ4n) is 3.94. The summed E-state index contributed by atoms with van der Waals surface area (Å²) in [4.78, 5) is 30.1. The lowest BCUT2D eigenvalue weighted by Crippen LogP contribution is -2.32. The Hall–Kier alpha value is -4.06. The molecule has 3 aromatic heterocycles. The molecule has 0 aliphatic carbocycles. The van der Waals surface area contributed by atoms with E-state index in [-0.39, 0.29) is 5.91 Å². The van der Waals surface area contributed by atoms with Crippen molar-refractivity contribution in [1.82, 2.24) is 15.0 Å². The average molecular weight is 407 g/mol. The SMILES string of the molecule is O=C1CCc2ccccc2N1c1ncccc1CN(c1cccnc1)c1cccnc1. The van der Waals surface area contributed by atoms with Crippen molar-refractivity contribution in [3.8, 4) is 0 Å². The Labute approximate surface area is 180 Å². The van der Waals surface area contributed by atoms with Gasteiger partial charge in [0.05, 0.1) is 36.0 Å². The van der Waals surface area contributed by atoms with E-state index in [0.29, 0.717) is 18.8 Å². The van der Waals surface area contributed by atoms with Gasteiger partial charge < -0.3 is 4.90 Å². The molecular formula is C25H21N5O. The van der Waals surface area contributed by atoms with Crippen molar-refractivity contribution in [2.75, 3.05) is 9.80 Å². The standard InChI is InChI=1S/C25H21N5O/c31-24-12-11-19-6-1-2-10-23(19)30(24)25-20(7-3-15-28-25)18-29(21-8-4-13-26-16-21)22-9-5-14-27-17-22/h1-10,13-17H,11-12,18H2. The summed E-state index contributed by atoms with van der Waals surface area (Å²) in [6.07, 6.45) is 10.1. The van der Waals surface area contributed by atoms with Crippen LogP contribution in [0.15, 0.2) is 91.6 Å². The van der Waals surface area contributed by atoms with E-state index in [0.717, 1.165) is 34.6 Å². The first-order chi connectivity index (χ1) is 15.3. The molecule has 1 aromatic carbocycles. The van der Waals surface area contributed by atoms with Crippen LogP contribution in [0.5, 0.6) is 0 Å². The number of hydrogen-bond acceptors (Lipinski definition) is 5. The smallest absolute Gasteiger partial charge is 0.233 e. The highest BCUT2D eigenvalue weighted by Crippen LogP contribution is 2.36. The third-order valence-electron chi connectivity index (χ3n) is 5.41. The summed E-state index contributed by atoms with van der Waals surface area (Å²) in [5, 5.41) is 0. The Balaban J connectivity index is 1.59. The van der Waals surface area contributed by atoms with Crippen LogP contribution in [0.4, 0.5) is 22.9 Å². The van der Waals surface area contributed by atoms with Crippen LogP contribution in [0, 0.1) is 0 Å². The molecule has 0 fully saturated rings. The van der Waals surface area contributed by atoms with Crippen LogP contribution in [-0.2, 0) is 17.8 Å². The molecule has 152 valence electrons. The number of aromatic nitrogens is 3. The minimum atomic E-state index is 0.0629. The molecular weight excluding hydrogens is 386 g/mol. The van der Waals surface area contributed by atoms with E-state index in [1.54, 1.807) is 23.5 Å². The number of pyridine rings is 3. The van der Waals surface area contributed by atoms with Crippen LogP contribution < -0.4 is 9.80 Å². The van der Waals surface area contributed by atoms with Crippen molar-refractivity contribution in [3.05, 3.63) is 103 Å². The Kier molecular flexibility index (Phi) is 5.10. The fraction of sp³-hybridized carbons (Fsp3) is 0.120. The molecule has 1 aliphatic heterocycles. The van der Waals surface area contributed by atoms with E-state index < -0.39 is 0 Å². The number of rotatable bonds is 5. The zero-order valence-corrected chi connectivity index (χ0v) is 16.9. The van der Waals surface area contributed by atoms with E-state index in [1.807, 2.05) is 67.0 Å². The number of nitrogens with zero attached hydrogens (tertiary/aromatic N) is 5. The number of amides is 1. The van der Waals surface area contributed by atoms with E-state index >= 15 is 0 Å². The second-order valence-corrected chi connectivity index (χ2v) is 7.35. The molecule has 0 unspecified atom stereocenters. The Morgan fingerprint density at radius 2 is 1.52 bits per heavy atom. The van der Waals surface area contributed by atoms with Crippen LogP contribution in [0.3, 0.4) is 0 Å². The van der Waals surface area contributed by atoms with Crippen LogP contribution in [0.25, 0.3) is 0 Å². The maximum Gasteiger partial charge on any atom is 0.233 e. The zero-order chi connectivity index (χ0) is 21.0. The lowest BCUT2D eigenvalue weighted by Gasteiger charge is -2.31. The van der Waals surface area contributed by atoms with Gasteiger partial charge >= 0.3 is 0 Å². The number of anilines is 4. The lowest BCUT2D eigenvalue weighted by atomic mass is 10.0. The van der Waals surface area contributed by atoms with E-state index in [4.69, 9.17) is 0 Å². The third kappa shape index (κ3) is 3.75. The number of carbonyl (C=O) groups is 1. The minimum absolute atomic E-state index is 0.0629. The maximum absolute atomic E-state index is 13.0.